The smallest absolute Gasteiger partial charge is 0.216 e. The van der Waals surface area contributed by atoms with E-state index < -0.39 is 15.3 Å². The predicted molar refractivity (Wildman–Crippen MR) is 82.9 cm³/mol. The summed E-state index contributed by atoms with van der Waals surface area (Å²) in [7, 11) is 0.588. The molecular formula is C14H23N3O3S. The lowest BCUT2D eigenvalue weighted by Gasteiger charge is -2.33. The molecule has 1 aliphatic rings. The molecule has 0 aliphatic carbocycles. The van der Waals surface area contributed by atoms with Gasteiger partial charge in [0, 0.05) is 27.2 Å². The quantitative estimate of drug-likeness (QED) is 0.837. The summed E-state index contributed by atoms with van der Waals surface area (Å²) in [5.41, 5.74) is 0.768. The van der Waals surface area contributed by atoms with Crippen LogP contribution in [0.3, 0.4) is 0 Å². The lowest BCUT2D eigenvalue weighted by atomic mass is 10.2. The third kappa shape index (κ3) is 3.53. The van der Waals surface area contributed by atoms with Crippen LogP contribution in [0, 0.1) is 0 Å². The Bertz CT molecular complexity index is 587. The molecule has 1 unspecified atom stereocenters. The van der Waals surface area contributed by atoms with Gasteiger partial charge in [-0.25, -0.2) is 13.4 Å². The number of aromatic nitrogens is 1. The molecule has 0 spiro atoms. The van der Waals surface area contributed by atoms with Crippen molar-refractivity contribution in [2.45, 2.75) is 25.2 Å². The molecule has 0 amide bonds. The van der Waals surface area contributed by atoms with Crippen LogP contribution >= 0.6 is 0 Å². The molecule has 21 heavy (non-hydrogen) atoms. The minimum absolute atomic E-state index is 0.313. The van der Waals surface area contributed by atoms with Crippen LogP contribution in [0.25, 0.3) is 0 Å². The summed E-state index contributed by atoms with van der Waals surface area (Å²) in [5.74, 6) is 0.833. The highest BCUT2D eigenvalue weighted by molar-refractivity contribution is 7.89. The van der Waals surface area contributed by atoms with E-state index >= 15 is 0 Å². The third-order valence-electron chi connectivity index (χ3n) is 3.53. The van der Waals surface area contributed by atoms with Gasteiger partial charge in [0.05, 0.1) is 17.6 Å². The molecule has 118 valence electrons. The summed E-state index contributed by atoms with van der Waals surface area (Å²) < 4.78 is 31.8. The highest BCUT2D eigenvalue weighted by Gasteiger charge is 2.32. The number of sulfonamides is 1. The van der Waals surface area contributed by atoms with Crippen molar-refractivity contribution >= 4 is 15.8 Å². The molecule has 6 nitrogen and oxygen atoms in total. The minimum Gasteiger partial charge on any atom is -0.369 e. The maximum absolute atomic E-state index is 12.3. The van der Waals surface area contributed by atoms with E-state index in [2.05, 4.69) is 4.98 Å². The first kappa shape index (κ1) is 16.2. The number of morpholine rings is 1. The van der Waals surface area contributed by atoms with Crippen molar-refractivity contribution in [2.75, 3.05) is 38.7 Å². The fourth-order valence-corrected chi connectivity index (χ4v) is 3.47. The molecule has 1 fully saturated rings. The Hall–Kier alpha value is -1.18. The van der Waals surface area contributed by atoms with Crippen molar-refractivity contribution in [3.05, 3.63) is 23.9 Å². The van der Waals surface area contributed by atoms with E-state index in [-0.39, 0.29) is 6.10 Å². The maximum Gasteiger partial charge on any atom is 0.216 e. The molecule has 0 saturated carbocycles. The number of pyridine rings is 1. The summed E-state index contributed by atoms with van der Waals surface area (Å²) in [6, 6.07) is 5.70. The van der Waals surface area contributed by atoms with Gasteiger partial charge in [0.1, 0.15) is 11.9 Å². The lowest BCUT2D eigenvalue weighted by Crippen LogP contribution is -2.45. The van der Waals surface area contributed by atoms with Crippen LogP contribution in [0.5, 0.6) is 0 Å². The molecule has 1 aromatic heterocycles. The number of hydrogen-bond donors (Lipinski definition) is 0. The molecular weight excluding hydrogens is 290 g/mol. The van der Waals surface area contributed by atoms with Crippen molar-refractivity contribution in [2.24, 2.45) is 0 Å². The first-order chi connectivity index (χ1) is 9.82. The standard InChI is InChI=1S/C14H23N3O3S/c1-11(2)21(18,19)17-8-9-20-13(10-17)12-6-5-7-14(15-12)16(3)4/h5-7,11,13H,8-10H2,1-4H3. The van der Waals surface area contributed by atoms with Crippen LogP contribution < -0.4 is 4.90 Å². The van der Waals surface area contributed by atoms with Crippen molar-refractivity contribution in [3.8, 4) is 0 Å². The Kier molecular flexibility index (Phi) is 4.85. The van der Waals surface area contributed by atoms with E-state index in [1.54, 1.807) is 13.8 Å². The van der Waals surface area contributed by atoms with E-state index in [1.165, 1.54) is 4.31 Å². The first-order valence-electron chi connectivity index (χ1n) is 7.07. The van der Waals surface area contributed by atoms with E-state index in [1.807, 2.05) is 37.2 Å². The van der Waals surface area contributed by atoms with Crippen LogP contribution in [0.15, 0.2) is 18.2 Å². The van der Waals surface area contributed by atoms with Crippen molar-refractivity contribution in [3.63, 3.8) is 0 Å². The number of hydrogen-bond acceptors (Lipinski definition) is 5. The Morgan fingerprint density at radius 3 is 2.71 bits per heavy atom. The molecule has 2 heterocycles. The number of rotatable bonds is 4. The van der Waals surface area contributed by atoms with Crippen molar-refractivity contribution < 1.29 is 13.2 Å². The van der Waals surface area contributed by atoms with Gasteiger partial charge in [0.25, 0.3) is 0 Å². The van der Waals surface area contributed by atoms with Gasteiger partial charge in [-0.05, 0) is 26.0 Å². The summed E-state index contributed by atoms with van der Waals surface area (Å²) in [6.45, 7) is 4.52. The van der Waals surface area contributed by atoms with Crippen molar-refractivity contribution in [1.29, 1.82) is 0 Å². The zero-order chi connectivity index (χ0) is 15.6. The first-order valence-corrected chi connectivity index (χ1v) is 8.57. The summed E-state index contributed by atoms with van der Waals surface area (Å²) in [6.07, 6.45) is -0.313. The maximum atomic E-state index is 12.3. The van der Waals surface area contributed by atoms with Gasteiger partial charge in [-0.1, -0.05) is 6.07 Å². The summed E-state index contributed by atoms with van der Waals surface area (Å²) in [4.78, 5) is 6.45. The molecule has 0 N–H and O–H groups in total. The molecule has 0 aromatic carbocycles. The topological polar surface area (TPSA) is 62.7 Å². The molecule has 1 aliphatic heterocycles. The summed E-state index contributed by atoms with van der Waals surface area (Å²) in [5, 5.41) is -0.419. The monoisotopic (exact) mass is 313 g/mol. The van der Waals surface area contributed by atoms with Gasteiger partial charge in [0.2, 0.25) is 10.0 Å². The van der Waals surface area contributed by atoms with Gasteiger partial charge in [-0.15, -0.1) is 0 Å². The molecule has 1 atom stereocenters. The van der Waals surface area contributed by atoms with Gasteiger partial charge < -0.3 is 9.64 Å². The number of nitrogens with zero attached hydrogens (tertiary/aromatic N) is 3. The zero-order valence-electron chi connectivity index (χ0n) is 13.0. The van der Waals surface area contributed by atoms with E-state index in [0.717, 1.165) is 11.5 Å². The van der Waals surface area contributed by atoms with Gasteiger partial charge >= 0.3 is 0 Å². The van der Waals surface area contributed by atoms with Crippen LogP contribution in [0.2, 0.25) is 0 Å². The Balaban J connectivity index is 2.20. The van der Waals surface area contributed by atoms with Crippen LogP contribution in [0.4, 0.5) is 5.82 Å². The molecule has 0 radical (unpaired) electrons. The normalized spacial score (nSPS) is 20.7. The second kappa shape index (κ2) is 6.29. The largest absolute Gasteiger partial charge is 0.369 e. The molecule has 7 heteroatoms. The third-order valence-corrected chi connectivity index (χ3v) is 5.77. The predicted octanol–water partition coefficient (Wildman–Crippen LogP) is 1.26. The Labute approximate surface area is 126 Å². The highest BCUT2D eigenvalue weighted by atomic mass is 32.2. The van der Waals surface area contributed by atoms with Crippen LogP contribution in [0.1, 0.15) is 25.6 Å². The Morgan fingerprint density at radius 2 is 2.10 bits per heavy atom. The molecule has 1 saturated heterocycles. The van der Waals surface area contributed by atoms with E-state index in [4.69, 9.17) is 4.74 Å². The van der Waals surface area contributed by atoms with Crippen molar-refractivity contribution in [1.82, 2.24) is 9.29 Å². The molecule has 2 rings (SSSR count). The minimum atomic E-state index is -3.25. The number of ether oxygens (including phenoxy) is 1. The van der Waals surface area contributed by atoms with Gasteiger partial charge in [-0.2, -0.15) is 4.31 Å². The molecule has 1 aromatic rings. The van der Waals surface area contributed by atoms with E-state index in [9.17, 15) is 8.42 Å². The zero-order valence-corrected chi connectivity index (χ0v) is 13.8. The average molecular weight is 313 g/mol. The Morgan fingerprint density at radius 1 is 1.38 bits per heavy atom. The highest BCUT2D eigenvalue weighted by Crippen LogP contribution is 2.25. The number of anilines is 1. The van der Waals surface area contributed by atoms with Gasteiger partial charge in [-0.3, -0.25) is 0 Å². The fraction of sp³-hybridized carbons (Fsp3) is 0.643. The SMILES string of the molecule is CC(C)S(=O)(=O)N1CCOC(c2cccc(N(C)C)n2)C1. The van der Waals surface area contributed by atoms with E-state index in [0.29, 0.717) is 19.7 Å². The summed E-state index contributed by atoms with van der Waals surface area (Å²) >= 11 is 0. The van der Waals surface area contributed by atoms with Gasteiger partial charge in [0.15, 0.2) is 0 Å². The lowest BCUT2D eigenvalue weighted by molar-refractivity contribution is -0.00507. The fourth-order valence-electron chi connectivity index (χ4n) is 2.20. The van der Waals surface area contributed by atoms with Crippen LogP contribution in [-0.4, -0.2) is 56.7 Å². The molecule has 0 bridgehead atoms. The van der Waals surface area contributed by atoms with Crippen LogP contribution in [-0.2, 0) is 14.8 Å². The second-order valence-corrected chi connectivity index (χ2v) is 8.12. The second-order valence-electron chi connectivity index (χ2n) is 5.63. The average Bonchev–Trinajstić information content (AvgIpc) is 2.47.